The van der Waals surface area contributed by atoms with Gasteiger partial charge in [0.05, 0.1) is 6.10 Å². The van der Waals surface area contributed by atoms with Crippen LogP contribution in [0.5, 0.6) is 5.75 Å². The summed E-state index contributed by atoms with van der Waals surface area (Å²) in [4.78, 5) is 11.8. The molecular formula is C14H21ClNO5P. The lowest BCUT2D eigenvalue weighted by molar-refractivity contribution is -0.149. The lowest BCUT2D eigenvalue weighted by Crippen LogP contribution is -2.36. The molecule has 6 nitrogen and oxygen atoms in total. The maximum Gasteiger partial charge on any atom is 0.342 e. The molecule has 0 amide bonds. The van der Waals surface area contributed by atoms with Crippen molar-refractivity contribution in [2.45, 2.75) is 32.9 Å². The lowest BCUT2D eigenvalue weighted by Gasteiger charge is -2.23. The van der Waals surface area contributed by atoms with Crippen LogP contribution in [0.4, 0.5) is 0 Å². The van der Waals surface area contributed by atoms with Gasteiger partial charge in [-0.3, -0.25) is 9.36 Å². The summed E-state index contributed by atoms with van der Waals surface area (Å²) in [5.41, 5.74) is 0. The summed E-state index contributed by atoms with van der Waals surface area (Å²) in [6, 6.07) is 5.69. The monoisotopic (exact) mass is 349 g/mol. The Morgan fingerprint density at radius 3 is 2.59 bits per heavy atom. The summed E-state index contributed by atoms with van der Waals surface area (Å²) < 4.78 is 28.3. The van der Waals surface area contributed by atoms with Gasteiger partial charge in [-0.2, -0.15) is 0 Å². The molecule has 0 radical (unpaired) electrons. The van der Waals surface area contributed by atoms with Crippen molar-refractivity contribution in [3.8, 4) is 5.75 Å². The van der Waals surface area contributed by atoms with E-state index in [1.807, 2.05) is 0 Å². The third-order valence-corrected chi connectivity index (χ3v) is 4.56. The van der Waals surface area contributed by atoms with Gasteiger partial charge < -0.3 is 14.0 Å². The predicted octanol–water partition coefficient (Wildman–Crippen LogP) is 3.45. The van der Waals surface area contributed by atoms with Gasteiger partial charge in [0.15, 0.2) is 0 Å². The van der Waals surface area contributed by atoms with Crippen molar-refractivity contribution in [3.05, 3.63) is 29.3 Å². The molecule has 8 heteroatoms. The van der Waals surface area contributed by atoms with Gasteiger partial charge in [-0.15, -0.1) is 0 Å². The first-order chi connectivity index (χ1) is 10.3. The van der Waals surface area contributed by atoms with E-state index >= 15 is 0 Å². The van der Waals surface area contributed by atoms with Gasteiger partial charge >= 0.3 is 13.5 Å². The van der Waals surface area contributed by atoms with Crippen LogP contribution in [0.1, 0.15) is 20.8 Å². The Labute approximate surface area is 135 Å². The number of hydrogen-bond acceptors (Lipinski definition) is 5. The predicted molar refractivity (Wildman–Crippen MR) is 85.4 cm³/mol. The number of rotatable bonds is 8. The van der Waals surface area contributed by atoms with E-state index in [9.17, 15) is 9.36 Å². The standard InChI is InChI=1S/C14H21ClNO5P/c1-10(2)20-14(17)11(3)16-22(18,9-19-4)21-13-7-5-6-12(15)8-13/h5-8,10-11H,9H2,1-4H3,(H,16,18)/t11-,22?/m0/s1. The van der Waals surface area contributed by atoms with Crippen LogP contribution in [-0.4, -0.2) is 31.6 Å². The van der Waals surface area contributed by atoms with E-state index in [1.165, 1.54) is 13.2 Å². The van der Waals surface area contributed by atoms with Gasteiger partial charge in [0.1, 0.15) is 18.1 Å². The van der Waals surface area contributed by atoms with Crippen LogP contribution in [0.25, 0.3) is 0 Å². The number of carbonyl (C=O) groups excluding carboxylic acids is 1. The zero-order valence-electron chi connectivity index (χ0n) is 13.0. The van der Waals surface area contributed by atoms with Gasteiger partial charge in [-0.1, -0.05) is 17.7 Å². The minimum Gasteiger partial charge on any atom is -0.462 e. The summed E-state index contributed by atoms with van der Waals surface area (Å²) in [5, 5.41) is 3.11. The second-order valence-electron chi connectivity index (χ2n) is 4.98. The molecule has 0 aliphatic heterocycles. The third kappa shape index (κ3) is 6.36. The number of esters is 1. The van der Waals surface area contributed by atoms with Crippen LogP contribution in [-0.2, 0) is 18.8 Å². The lowest BCUT2D eigenvalue weighted by atomic mass is 10.3. The molecule has 2 atom stereocenters. The van der Waals surface area contributed by atoms with E-state index in [0.717, 1.165) is 0 Å². The number of carbonyl (C=O) groups is 1. The largest absolute Gasteiger partial charge is 0.462 e. The highest BCUT2D eigenvalue weighted by Gasteiger charge is 2.30. The molecular weight excluding hydrogens is 329 g/mol. The molecule has 0 saturated carbocycles. The Balaban J connectivity index is 2.82. The van der Waals surface area contributed by atoms with E-state index in [4.69, 9.17) is 25.6 Å². The van der Waals surface area contributed by atoms with Crippen LogP contribution < -0.4 is 9.61 Å². The summed E-state index contributed by atoms with van der Waals surface area (Å²) in [5.74, 6) is -0.189. The van der Waals surface area contributed by atoms with Crippen LogP contribution in [0.15, 0.2) is 24.3 Å². The number of hydrogen-bond donors (Lipinski definition) is 1. The van der Waals surface area contributed by atoms with E-state index in [-0.39, 0.29) is 12.5 Å². The Morgan fingerprint density at radius 1 is 1.36 bits per heavy atom. The second kappa shape index (κ2) is 8.53. The maximum absolute atomic E-state index is 12.8. The minimum absolute atomic E-state index is 0.196. The summed E-state index contributed by atoms with van der Waals surface area (Å²) in [6.07, 6.45) is -0.453. The summed E-state index contributed by atoms with van der Waals surface area (Å²) >= 11 is 5.87. The van der Waals surface area contributed by atoms with Crippen molar-refractivity contribution in [2.75, 3.05) is 13.5 Å². The average molecular weight is 350 g/mol. The molecule has 0 saturated heterocycles. The fraction of sp³-hybridized carbons (Fsp3) is 0.500. The molecule has 1 rings (SSSR count). The van der Waals surface area contributed by atoms with Gasteiger partial charge in [0.25, 0.3) is 0 Å². The first-order valence-electron chi connectivity index (χ1n) is 6.77. The van der Waals surface area contributed by atoms with E-state index in [0.29, 0.717) is 10.8 Å². The van der Waals surface area contributed by atoms with Gasteiger partial charge in [-0.05, 0) is 39.0 Å². The molecule has 1 N–H and O–H groups in total. The minimum atomic E-state index is -3.45. The molecule has 0 spiro atoms. The quantitative estimate of drug-likeness (QED) is 0.572. The van der Waals surface area contributed by atoms with Crippen molar-refractivity contribution >= 4 is 25.1 Å². The van der Waals surface area contributed by atoms with Gasteiger partial charge in [0.2, 0.25) is 0 Å². The molecule has 0 heterocycles. The Morgan fingerprint density at radius 2 is 2.05 bits per heavy atom. The van der Waals surface area contributed by atoms with Crippen LogP contribution >= 0.6 is 19.1 Å². The topological polar surface area (TPSA) is 73.9 Å². The first kappa shape index (κ1) is 19.0. The van der Waals surface area contributed by atoms with E-state index in [1.54, 1.807) is 39.0 Å². The maximum atomic E-state index is 12.8. The molecule has 22 heavy (non-hydrogen) atoms. The molecule has 0 fully saturated rings. The number of nitrogens with one attached hydrogen (secondary N) is 1. The summed E-state index contributed by atoms with van der Waals surface area (Å²) in [7, 11) is -2.05. The highest BCUT2D eigenvalue weighted by molar-refractivity contribution is 7.57. The van der Waals surface area contributed by atoms with Crippen molar-refractivity contribution in [3.63, 3.8) is 0 Å². The molecule has 0 aliphatic rings. The van der Waals surface area contributed by atoms with E-state index < -0.39 is 19.5 Å². The smallest absolute Gasteiger partial charge is 0.342 e. The molecule has 0 aromatic heterocycles. The zero-order valence-corrected chi connectivity index (χ0v) is 14.7. The van der Waals surface area contributed by atoms with Crippen molar-refractivity contribution in [1.82, 2.24) is 5.09 Å². The van der Waals surface area contributed by atoms with Crippen LogP contribution in [0, 0.1) is 0 Å². The van der Waals surface area contributed by atoms with Crippen molar-refractivity contribution < 1.29 is 23.4 Å². The average Bonchev–Trinajstić information content (AvgIpc) is 2.37. The number of methoxy groups -OCH3 is 1. The first-order valence-corrected chi connectivity index (χ1v) is 8.96. The highest BCUT2D eigenvalue weighted by atomic mass is 35.5. The molecule has 1 unspecified atom stereocenters. The second-order valence-corrected chi connectivity index (χ2v) is 7.46. The van der Waals surface area contributed by atoms with Gasteiger partial charge in [-0.25, -0.2) is 5.09 Å². The zero-order chi connectivity index (χ0) is 16.8. The number of benzene rings is 1. The molecule has 1 aromatic carbocycles. The Hall–Kier alpha value is -1.07. The fourth-order valence-corrected chi connectivity index (χ4v) is 3.49. The molecule has 0 aliphatic carbocycles. The summed E-state index contributed by atoms with van der Waals surface area (Å²) in [6.45, 7) is 5.03. The molecule has 1 aromatic rings. The van der Waals surface area contributed by atoms with Crippen molar-refractivity contribution in [1.29, 1.82) is 0 Å². The third-order valence-electron chi connectivity index (χ3n) is 2.44. The van der Waals surface area contributed by atoms with Crippen LogP contribution in [0.3, 0.4) is 0 Å². The van der Waals surface area contributed by atoms with E-state index in [2.05, 4.69) is 5.09 Å². The Bertz CT molecular complexity index is 552. The highest BCUT2D eigenvalue weighted by Crippen LogP contribution is 2.43. The van der Waals surface area contributed by atoms with Crippen molar-refractivity contribution in [2.24, 2.45) is 0 Å². The normalized spacial score (nSPS) is 15.2. The van der Waals surface area contributed by atoms with Gasteiger partial charge in [0, 0.05) is 12.1 Å². The SMILES string of the molecule is COCP(=O)(N[C@@H](C)C(=O)OC(C)C)Oc1cccc(Cl)c1. The number of halogens is 1. The number of ether oxygens (including phenoxy) is 2. The Kier molecular flexibility index (Phi) is 7.36. The fourth-order valence-electron chi connectivity index (χ4n) is 1.64. The molecule has 0 bridgehead atoms. The van der Waals surface area contributed by atoms with Crippen LogP contribution in [0.2, 0.25) is 5.02 Å². The molecule has 124 valence electrons.